The number of hydrogen-bond acceptors (Lipinski definition) is 2. The molecule has 1 aliphatic heterocycles. The van der Waals surface area contributed by atoms with Gasteiger partial charge in [-0.25, -0.2) is 0 Å². The standard InChI is InChI=1S/C7H15N3O/c1-5-3-10(4-6(5)2)7(8)9-11/h5-6,11H,3-4H2,1-2H3,(H2,8,9). The second-order valence-electron chi connectivity index (χ2n) is 3.32. The smallest absolute Gasteiger partial charge is 0.233 e. The molecule has 0 aromatic carbocycles. The van der Waals surface area contributed by atoms with E-state index < -0.39 is 0 Å². The van der Waals surface area contributed by atoms with Gasteiger partial charge in [-0.1, -0.05) is 19.0 Å². The molecule has 0 amide bonds. The van der Waals surface area contributed by atoms with Crippen LogP contribution in [0, 0.1) is 11.8 Å². The maximum Gasteiger partial charge on any atom is 0.233 e. The summed E-state index contributed by atoms with van der Waals surface area (Å²) in [5.74, 6) is 1.51. The van der Waals surface area contributed by atoms with E-state index >= 15 is 0 Å². The third-order valence-corrected chi connectivity index (χ3v) is 2.41. The van der Waals surface area contributed by atoms with Gasteiger partial charge in [0.05, 0.1) is 0 Å². The number of guanidine groups is 1. The molecule has 0 saturated carbocycles. The average molecular weight is 157 g/mol. The topological polar surface area (TPSA) is 61.8 Å². The molecule has 4 nitrogen and oxygen atoms in total. The highest BCUT2D eigenvalue weighted by Gasteiger charge is 2.27. The minimum Gasteiger partial charge on any atom is -0.408 e. The van der Waals surface area contributed by atoms with Gasteiger partial charge in [-0.3, -0.25) is 0 Å². The van der Waals surface area contributed by atoms with E-state index in [0.29, 0.717) is 11.8 Å². The van der Waals surface area contributed by atoms with E-state index in [1.165, 1.54) is 0 Å². The lowest BCUT2D eigenvalue weighted by atomic mass is 10.0. The van der Waals surface area contributed by atoms with Crippen LogP contribution >= 0.6 is 0 Å². The van der Waals surface area contributed by atoms with Gasteiger partial charge in [-0.15, -0.1) is 0 Å². The highest BCUT2D eigenvalue weighted by molar-refractivity contribution is 5.77. The third-order valence-electron chi connectivity index (χ3n) is 2.41. The Balaban J connectivity index is 2.53. The van der Waals surface area contributed by atoms with E-state index in [4.69, 9.17) is 10.9 Å². The maximum atomic E-state index is 8.39. The first-order chi connectivity index (χ1) is 5.15. The van der Waals surface area contributed by atoms with Crippen LogP contribution in [0.1, 0.15) is 13.8 Å². The molecule has 1 rings (SSSR count). The Labute approximate surface area is 66.7 Å². The highest BCUT2D eigenvalue weighted by Crippen LogP contribution is 2.21. The van der Waals surface area contributed by atoms with E-state index in [0.717, 1.165) is 13.1 Å². The summed E-state index contributed by atoms with van der Waals surface area (Å²) in [6.45, 7) is 6.15. The van der Waals surface area contributed by atoms with Crippen LogP contribution in [0.2, 0.25) is 0 Å². The van der Waals surface area contributed by atoms with Crippen LogP contribution in [0.5, 0.6) is 0 Å². The second kappa shape index (κ2) is 2.98. The van der Waals surface area contributed by atoms with Crippen molar-refractivity contribution in [1.29, 1.82) is 0 Å². The number of rotatable bonds is 0. The van der Waals surface area contributed by atoms with Gasteiger partial charge in [0.2, 0.25) is 5.96 Å². The van der Waals surface area contributed by atoms with Crippen molar-refractivity contribution < 1.29 is 5.21 Å². The number of hydrogen-bond donors (Lipinski definition) is 2. The molecule has 0 radical (unpaired) electrons. The number of likely N-dealkylation sites (tertiary alicyclic amines) is 1. The Bertz CT molecular complexity index is 159. The summed E-state index contributed by atoms with van der Waals surface area (Å²) in [4.78, 5) is 1.90. The van der Waals surface area contributed by atoms with Crippen molar-refractivity contribution in [3.63, 3.8) is 0 Å². The Kier molecular flexibility index (Phi) is 2.22. The zero-order valence-electron chi connectivity index (χ0n) is 6.99. The molecule has 1 fully saturated rings. The van der Waals surface area contributed by atoms with Crippen LogP contribution in [0.4, 0.5) is 0 Å². The molecule has 1 aliphatic rings. The van der Waals surface area contributed by atoms with Gasteiger partial charge in [0.15, 0.2) is 0 Å². The van der Waals surface area contributed by atoms with E-state index in [1.807, 2.05) is 4.90 Å². The number of nitrogens with zero attached hydrogens (tertiary/aromatic N) is 2. The normalized spacial score (nSPS) is 32.9. The Hall–Kier alpha value is -0.930. The zero-order valence-corrected chi connectivity index (χ0v) is 6.99. The fourth-order valence-corrected chi connectivity index (χ4v) is 1.38. The second-order valence-corrected chi connectivity index (χ2v) is 3.32. The monoisotopic (exact) mass is 157 g/mol. The van der Waals surface area contributed by atoms with Crippen LogP contribution < -0.4 is 5.73 Å². The predicted octanol–water partition coefficient (Wildman–Crippen LogP) is 0.278. The first kappa shape index (κ1) is 8.17. The third kappa shape index (κ3) is 1.56. The van der Waals surface area contributed by atoms with Gasteiger partial charge in [-0.05, 0) is 11.8 Å². The summed E-state index contributed by atoms with van der Waals surface area (Å²) < 4.78 is 0. The molecule has 0 spiro atoms. The van der Waals surface area contributed by atoms with E-state index in [2.05, 4.69) is 19.0 Å². The van der Waals surface area contributed by atoms with Gasteiger partial charge in [0, 0.05) is 13.1 Å². The van der Waals surface area contributed by atoms with E-state index in [1.54, 1.807) is 0 Å². The molecule has 3 N–H and O–H groups in total. The fraction of sp³-hybridized carbons (Fsp3) is 0.857. The summed E-state index contributed by atoms with van der Waals surface area (Å²) in [6.07, 6.45) is 0. The zero-order chi connectivity index (χ0) is 8.43. The first-order valence-electron chi connectivity index (χ1n) is 3.87. The molecule has 0 bridgehead atoms. The SMILES string of the molecule is CC1CN(/C(N)=N/O)CC1C. The molecule has 64 valence electrons. The van der Waals surface area contributed by atoms with Gasteiger partial charge in [0.25, 0.3) is 0 Å². The van der Waals surface area contributed by atoms with Gasteiger partial charge in [-0.2, -0.15) is 0 Å². The van der Waals surface area contributed by atoms with Crippen LogP contribution in [0.3, 0.4) is 0 Å². The summed E-state index contributed by atoms with van der Waals surface area (Å²) >= 11 is 0. The molecule has 0 aliphatic carbocycles. The van der Waals surface area contributed by atoms with Crippen LogP contribution in [-0.4, -0.2) is 29.2 Å². The van der Waals surface area contributed by atoms with Crippen molar-refractivity contribution in [1.82, 2.24) is 4.90 Å². The molecule has 0 aromatic heterocycles. The lowest BCUT2D eigenvalue weighted by Gasteiger charge is -2.14. The first-order valence-corrected chi connectivity index (χ1v) is 3.87. The average Bonchev–Trinajstić information content (AvgIpc) is 2.31. The molecule has 0 aromatic rings. The molecular formula is C7H15N3O. The Morgan fingerprint density at radius 1 is 1.45 bits per heavy atom. The van der Waals surface area contributed by atoms with Gasteiger partial charge in [0.1, 0.15) is 0 Å². The Morgan fingerprint density at radius 3 is 2.27 bits per heavy atom. The van der Waals surface area contributed by atoms with Crippen LogP contribution in [-0.2, 0) is 0 Å². The van der Waals surface area contributed by atoms with Crippen LogP contribution in [0.25, 0.3) is 0 Å². The minimum atomic E-state index is 0.237. The molecule has 4 heteroatoms. The molecule has 1 heterocycles. The van der Waals surface area contributed by atoms with Crippen molar-refractivity contribution >= 4 is 5.96 Å². The summed E-state index contributed by atoms with van der Waals surface area (Å²) in [5.41, 5.74) is 5.43. The van der Waals surface area contributed by atoms with E-state index in [9.17, 15) is 0 Å². The van der Waals surface area contributed by atoms with Crippen molar-refractivity contribution in [3.8, 4) is 0 Å². The quantitative estimate of drug-likeness (QED) is 0.230. The lowest BCUT2D eigenvalue weighted by Crippen LogP contribution is -2.35. The molecule has 2 atom stereocenters. The van der Waals surface area contributed by atoms with Gasteiger partial charge >= 0.3 is 0 Å². The fourth-order valence-electron chi connectivity index (χ4n) is 1.38. The largest absolute Gasteiger partial charge is 0.408 e. The summed E-state index contributed by atoms with van der Waals surface area (Å²) in [5, 5.41) is 11.3. The molecule has 2 unspecified atom stereocenters. The number of nitrogens with two attached hydrogens (primary N) is 1. The Morgan fingerprint density at radius 2 is 1.91 bits per heavy atom. The number of oxime groups is 1. The van der Waals surface area contributed by atoms with Gasteiger partial charge < -0.3 is 15.8 Å². The van der Waals surface area contributed by atoms with Crippen molar-refractivity contribution in [2.24, 2.45) is 22.7 Å². The lowest BCUT2D eigenvalue weighted by molar-refractivity contribution is 0.303. The van der Waals surface area contributed by atoms with E-state index in [-0.39, 0.29) is 5.96 Å². The summed E-state index contributed by atoms with van der Waals surface area (Å²) in [7, 11) is 0. The predicted molar refractivity (Wildman–Crippen MR) is 43.3 cm³/mol. The molecule has 11 heavy (non-hydrogen) atoms. The van der Waals surface area contributed by atoms with Crippen molar-refractivity contribution in [3.05, 3.63) is 0 Å². The van der Waals surface area contributed by atoms with Crippen LogP contribution in [0.15, 0.2) is 5.16 Å². The van der Waals surface area contributed by atoms with Crippen molar-refractivity contribution in [2.75, 3.05) is 13.1 Å². The van der Waals surface area contributed by atoms with Crippen molar-refractivity contribution in [2.45, 2.75) is 13.8 Å². The summed E-state index contributed by atoms with van der Waals surface area (Å²) in [6, 6.07) is 0. The molecule has 1 saturated heterocycles. The highest BCUT2D eigenvalue weighted by atomic mass is 16.4. The molecular weight excluding hydrogens is 142 g/mol. The maximum absolute atomic E-state index is 8.39. The minimum absolute atomic E-state index is 0.237.